The van der Waals surface area contributed by atoms with Crippen LogP contribution < -0.4 is 16.0 Å². The highest BCUT2D eigenvalue weighted by atomic mass is 16.3. The van der Waals surface area contributed by atoms with Crippen molar-refractivity contribution in [3.05, 3.63) is 36.2 Å². The lowest BCUT2D eigenvalue weighted by atomic mass is 10.1. The molecule has 3 rings (SSSR count). The van der Waals surface area contributed by atoms with Gasteiger partial charge in [-0.3, -0.25) is 10.3 Å². The number of anilines is 1. The third-order valence-electron chi connectivity index (χ3n) is 4.78. The molecular formula is C20H27N6O2+. The third-order valence-corrected chi connectivity index (χ3v) is 4.78. The maximum absolute atomic E-state index is 12.2. The van der Waals surface area contributed by atoms with Crippen LogP contribution in [0.4, 0.5) is 10.6 Å². The molecule has 0 radical (unpaired) electrons. The van der Waals surface area contributed by atoms with Gasteiger partial charge < -0.3 is 21.1 Å². The first kappa shape index (κ1) is 19.9. The van der Waals surface area contributed by atoms with Crippen molar-refractivity contribution in [2.75, 3.05) is 18.5 Å². The van der Waals surface area contributed by atoms with Crippen molar-refractivity contribution in [2.24, 2.45) is 0 Å². The lowest BCUT2D eigenvalue weighted by molar-refractivity contribution is -0.587. The maximum atomic E-state index is 12.2. The fourth-order valence-corrected chi connectivity index (χ4v) is 3.29. The second-order valence-electron chi connectivity index (χ2n) is 6.91. The number of nitrogens with one attached hydrogen (secondary N) is 3. The number of aromatic nitrogens is 2. The van der Waals surface area contributed by atoms with Gasteiger partial charge in [0, 0.05) is 37.0 Å². The van der Waals surface area contributed by atoms with Crippen LogP contribution in [-0.2, 0) is 0 Å². The number of hydrogen-bond acceptors (Lipinski definition) is 5. The summed E-state index contributed by atoms with van der Waals surface area (Å²) in [5.41, 5.74) is 2.87. The Balaban J connectivity index is 1.72. The molecular weight excluding hydrogens is 356 g/mol. The van der Waals surface area contributed by atoms with Gasteiger partial charge in [0.25, 0.3) is 0 Å². The van der Waals surface area contributed by atoms with Crippen molar-refractivity contribution in [3.8, 4) is 0 Å². The number of hydrogen-bond donors (Lipinski definition) is 5. The highest BCUT2D eigenvalue weighted by molar-refractivity contribution is 6.08. The Kier molecular flexibility index (Phi) is 7.05. The second kappa shape index (κ2) is 9.91. The quantitative estimate of drug-likeness (QED) is 0.351. The SMILES string of the molecule is N=C/C(=C\[NH2+]CCCO)c1cnc2ccc(NC(=O)NC3CCCC3)nc2c1. The lowest BCUT2D eigenvalue weighted by Gasteiger charge is -2.12. The Labute approximate surface area is 164 Å². The molecule has 1 fully saturated rings. The molecule has 6 N–H and O–H groups in total. The maximum Gasteiger partial charge on any atom is 0.320 e. The van der Waals surface area contributed by atoms with Gasteiger partial charge in [-0.2, -0.15) is 0 Å². The van der Waals surface area contributed by atoms with E-state index in [0.717, 1.165) is 43.3 Å². The van der Waals surface area contributed by atoms with Crippen LogP contribution in [0.15, 0.2) is 30.6 Å². The monoisotopic (exact) mass is 383 g/mol. The number of nitrogens with zero attached hydrogens (tertiary/aromatic N) is 2. The van der Waals surface area contributed by atoms with Crippen molar-refractivity contribution in [3.63, 3.8) is 0 Å². The van der Waals surface area contributed by atoms with Gasteiger partial charge >= 0.3 is 6.03 Å². The number of aliphatic hydroxyl groups is 1. The Morgan fingerprint density at radius 1 is 1.32 bits per heavy atom. The van der Waals surface area contributed by atoms with E-state index >= 15 is 0 Å². The van der Waals surface area contributed by atoms with Gasteiger partial charge in [0.15, 0.2) is 0 Å². The van der Waals surface area contributed by atoms with Crippen molar-refractivity contribution in [1.29, 1.82) is 5.41 Å². The average Bonchev–Trinajstić information content (AvgIpc) is 3.20. The van der Waals surface area contributed by atoms with Crippen LogP contribution in [0.3, 0.4) is 0 Å². The van der Waals surface area contributed by atoms with E-state index in [1.165, 1.54) is 6.21 Å². The van der Waals surface area contributed by atoms with Gasteiger partial charge in [0.05, 0.1) is 23.2 Å². The van der Waals surface area contributed by atoms with E-state index in [2.05, 4.69) is 20.6 Å². The molecule has 0 unspecified atom stereocenters. The van der Waals surface area contributed by atoms with E-state index in [1.807, 2.05) is 23.6 Å². The minimum Gasteiger partial charge on any atom is -0.396 e. The standard InChI is InChI=1S/C20H26N6O2/c21-11-15(12-22-8-3-9-27)14-10-18-17(23-13-14)6-7-19(25-18)26-20(28)24-16-4-1-2-5-16/h6-7,10-13,16,21-22,27H,1-5,8-9H2,(H2,24,25,26,28)/p+1/b15-12+,21-11?. The number of rotatable bonds is 8. The molecule has 0 aliphatic heterocycles. The summed E-state index contributed by atoms with van der Waals surface area (Å²) in [4.78, 5) is 21.1. The topological polar surface area (TPSA) is 128 Å². The summed E-state index contributed by atoms with van der Waals surface area (Å²) < 4.78 is 0. The number of nitrogens with two attached hydrogens (primary N) is 1. The molecule has 0 bridgehead atoms. The Bertz CT molecular complexity index is 861. The van der Waals surface area contributed by atoms with Crippen LogP contribution in [0.2, 0.25) is 0 Å². The zero-order valence-corrected chi connectivity index (χ0v) is 15.8. The molecule has 2 aromatic heterocycles. The third kappa shape index (κ3) is 5.34. The van der Waals surface area contributed by atoms with Gasteiger partial charge in [-0.05, 0) is 31.0 Å². The summed E-state index contributed by atoms with van der Waals surface area (Å²) in [6.45, 7) is 0.896. The Hall–Kier alpha value is -2.84. The molecule has 8 nitrogen and oxygen atoms in total. The van der Waals surface area contributed by atoms with Gasteiger partial charge in [-0.1, -0.05) is 12.8 Å². The highest BCUT2D eigenvalue weighted by Crippen LogP contribution is 2.19. The average molecular weight is 383 g/mol. The van der Waals surface area contributed by atoms with E-state index in [9.17, 15) is 4.79 Å². The summed E-state index contributed by atoms with van der Waals surface area (Å²) in [6.07, 6.45) is 9.90. The fraction of sp³-hybridized carbons (Fsp3) is 0.400. The summed E-state index contributed by atoms with van der Waals surface area (Å²) in [6, 6.07) is 5.43. The van der Waals surface area contributed by atoms with Crippen molar-refractivity contribution in [1.82, 2.24) is 15.3 Å². The summed E-state index contributed by atoms with van der Waals surface area (Å²) in [5, 5.41) is 24.2. The van der Waals surface area contributed by atoms with Gasteiger partial charge in [0.2, 0.25) is 0 Å². The molecule has 2 aromatic rings. The van der Waals surface area contributed by atoms with E-state index in [4.69, 9.17) is 10.5 Å². The van der Waals surface area contributed by atoms with Gasteiger partial charge in [0.1, 0.15) is 12.0 Å². The molecule has 148 valence electrons. The highest BCUT2D eigenvalue weighted by Gasteiger charge is 2.17. The number of carbonyl (C=O) groups is 1. The summed E-state index contributed by atoms with van der Waals surface area (Å²) in [5.74, 6) is 0.469. The van der Waals surface area contributed by atoms with Crippen molar-refractivity contribution in [2.45, 2.75) is 38.1 Å². The number of carbonyl (C=O) groups excluding carboxylic acids is 1. The molecule has 0 spiro atoms. The molecule has 2 heterocycles. The Morgan fingerprint density at radius 2 is 2.14 bits per heavy atom. The zero-order chi connectivity index (χ0) is 19.8. The first-order valence-electron chi connectivity index (χ1n) is 9.69. The van der Waals surface area contributed by atoms with E-state index in [0.29, 0.717) is 23.3 Å². The largest absolute Gasteiger partial charge is 0.396 e. The molecule has 0 atom stereocenters. The van der Waals surface area contributed by atoms with Crippen LogP contribution in [0, 0.1) is 5.41 Å². The van der Waals surface area contributed by atoms with Crippen molar-refractivity contribution < 1.29 is 15.2 Å². The molecule has 1 saturated carbocycles. The van der Waals surface area contributed by atoms with Gasteiger partial charge in [-0.15, -0.1) is 0 Å². The van der Waals surface area contributed by atoms with Crippen molar-refractivity contribution >= 4 is 34.7 Å². The smallest absolute Gasteiger partial charge is 0.320 e. The molecule has 2 amide bonds. The molecule has 0 saturated heterocycles. The number of urea groups is 1. The first-order chi connectivity index (χ1) is 13.7. The number of aliphatic hydroxyl groups excluding tert-OH is 1. The number of quaternary nitrogens is 1. The number of pyridine rings is 2. The van der Waals surface area contributed by atoms with Crippen LogP contribution in [-0.4, -0.2) is 46.5 Å². The number of fused-ring (bicyclic) bond motifs is 1. The first-order valence-corrected chi connectivity index (χ1v) is 9.69. The molecule has 0 aromatic carbocycles. The molecule has 28 heavy (non-hydrogen) atoms. The van der Waals surface area contributed by atoms with Crippen LogP contribution in [0.5, 0.6) is 0 Å². The summed E-state index contributed by atoms with van der Waals surface area (Å²) >= 11 is 0. The van der Waals surface area contributed by atoms with E-state index in [-0.39, 0.29) is 18.7 Å². The number of allylic oxidation sites excluding steroid dienone is 1. The van der Waals surface area contributed by atoms with Crippen LogP contribution >= 0.6 is 0 Å². The predicted octanol–water partition coefficient (Wildman–Crippen LogP) is 1.63. The molecule has 1 aliphatic rings. The molecule has 1 aliphatic carbocycles. The zero-order valence-electron chi connectivity index (χ0n) is 15.8. The van der Waals surface area contributed by atoms with E-state index in [1.54, 1.807) is 12.3 Å². The Morgan fingerprint density at radius 3 is 2.89 bits per heavy atom. The van der Waals surface area contributed by atoms with Crippen LogP contribution in [0.25, 0.3) is 16.6 Å². The number of amides is 2. The van der Waals surface area contributed by atoms with Crippen LogP contribution in [0.1, 0.15) is 37.7 Å². The lowest BCUT2D eigenvalue weighted by Crippen LogP contribution is -2.78. The predicted molar refractivity (Wildman–Crippen MR) is 109 cm³/mol. The van der Waals surface area contributed by atoms with Gasteiger partial charge in [-0.25, -0.2) is 9.78 Å². The second-order valence-corrected chi connectivity index (χ2v) is 6.91. The molecule has 8 heteroatoms. The normalized spacial score (nSPS) is 15.0. The minimum atomic E-state index is -0.235. The van der Waals surface area contributed by atoms with E-state index < -0.39 is 0 Å². The summed E-state index contributed by atoms with van der Waals surface area (Å²) in [7, 11) is 0. The fourth-order valence-electron chi connectivity index (χ4n) is 3.29. The minimum absolute atomic E-state index is 0.149.